The second-order valence-electron chi connectivity index (χ2n) is 8.17. The Morgan fingerprint density at radius 2 is 1.97 bits per heavy atom. The van der Waals surface area contributed by atoms with E-state index in [1.165, 1.54) is 16.7 Å². The summed E-state index contributed by atoms with van der Waals surface area (Å²) >= 11 is -0.187. The van der Waals surface area contributed by atoms with Crippen LogP contribution in [0.3, 0.4) is 0 Å². The molecule has 35 heavy (non-hydrogen) atoms. The molecule has 3 amide bonds. The fourth-order valence-electron chi connectivity index (χ4n) is 4.20. The minimum absolute atomic E-state index is 0.0171. The number of nitrogens with zero attached hydrogens (tertiary/aromatic N) is 2. The molecule has 2 N–H and O–H groups in total. The standard InChI is InChI=1S/C23H21F3N4O4S/c1-12-28-16-4-2-3-14(19(16)22(34)30(12)17-9-10-18(31)29-21(17)33)11-27-20(32)13-5-7-15(8-6-13)35-23(24,25)26/h2-5,7,17H,6,8-11H2,1H3,(H,27,32)(H,29,31,33). The van der Waals surface area contributed by atoms with Crippen LogP contribution < -0.4 is 16.2 Å². The van der Waals surface area contributed by atoms with Crippen molar-refractivity contribution in [3.63, 3.8) is 0 Å². The summed E-state index contributed by atoms with van der Waals surface area (Å²) in [6, 6.07) is 4.12. The Hall–Kier alpha value is -3.41. The predicted octanol–water partition coefficient (Wildman–Crippen LogP) is 3.16. The summed E-state index contributed by atoms with van der Waals surface area (Å²) in [5, 5.41) is 5.19. The highest BCUT2D eigenvalue weighted by Gasteiger charge is 2.32. The molecule has 1 aromatic carbocycles. The topological polar surface area (TPSA) is 110 Å². The average molecular weight is 507 g/mol. The van der Waals surface area contributed by atoms with E-state index >= 15 is 0 Å². The van der Waals surface area contributed by atoms with Crippen molar-refractivity contribution in [1.29, 1.82) is 0 Å². The van der Waals surface area contributed by atoms with E-state index in [2.05, 4.69) is 15.6 Å². The van der Waals surface area contributed by atoms with Crippen LogP contribution in [0, 0.1) is 6.92 Å². The van der Waals surface area contributed by atoms with Gasteiger partial charge in [-0.05, 0) is 54.5 Å². The Kier molecular flexibility index (Phi) is 6.84. The number of allylic oxidation sites excluding steroid dienone is 3. The lowest BCUT2D eigenvalue weighted by atomic mass is 10.0. The van der Waals surface area contributed by atoms with Crippen molar-refractivity contribution in [1.82, 2.24) is 20.2 Å². The van der Waals surface area contributed by atoms with E-state index in [1.54, 1.807) is 25.1 Å². The molecule has 184 valence electrons. The van der Waals surface area contributed by atoms with Crippen molar-refractivity contribution in [2.45, 2.75) is 50.7 Å². The Bertz CT molecular complexity index is 1350. The lowest BCUT2D eigenvalue weighted by Gasteiger charge is -2.24. The molecule has 2 aromatic rings. The molecule has 1 aromatic heterocycles. The van der Waals surface area contributed by atoms with Crippen LogP contribution in [0.15, 0.2) is 45.6 Å². The van der Waals surface area contributed by atoms with Gasteiger partial charge in [-0.15, -0.1) is 0 Å². The van der Waals surface area contributed by atoms with Crippen LogP contribution in [-0.2, 0) is 20.9 Å². The molecule has 0 saturated carbocycles. The maximum absolute atomic E-state index is 13.4. The van der Waals surface area contributed by atoms with E-state index in [0.717, 1.165) is 0 Å². The first-order valence-electron chi connectivity index (χ1n) is 10.8. The van der Waals surface area contributed by atoms with E-state index in [9.17, 15) is 32.3 Å². The number of nitrogens with one attached hydrogen (secondary N) is 2. The van der Waals surface area contributed by atoms with E-state index in [1.807, 2.05) is 0 Å². The molecule has 1 unspecified atom stereocenters. The summed E-state index contributed by atoms with van der Waals surface area (Å²) in [4.78, 5) is 54.5. The third-order valence-corrected chi connectivity index (χ3v) is 6.64. The number of imide groups is 1. The van der Waals surface area contributed by atoms with Gasteiger partial charge >= 0.3 is 5.51 Å². The maximum Gasteiger partial charge on any atom is 0.446 e. The summed E-state index contributed by atoms with van der Waals surface area (Å²) in [6.07, 6.45) is 3.21. The fourth-order valence-corrected chi connectivity index (χ4v) is 4.83. The Morgan fingerprint density at radius 1 is 1.20 bits per heavy atom. The van der Waals surface area contributed by atoms with Gasteiger partial charge in [-0.3, -0.25) is 29.1 Å². The molecule has 0 radical (unpaired) electrons. The summed E-state index contributed by atoms with van der Waals surface area (Å²) in [5.41, 5.74) is -3.61. The number of carbonyl (C=O) groups is 3. The van der Waals surface area contributed by atoms with Gasteiger partial charge in [-0.25, -0.2) is 4.98 Å². The number of fused-ring (bicyclic) bond motifs is 1. The van der Waals surface area contributed by atoms with Gasteiger partial charge in [-0.2, -0.15) is 13.2 Å². The molecule has 8 nitrogen and oxygen atoms in total. The number of halogens is 3. The van der Waals surface area contributed by atoms with Crippen LogP contribution in [0.4, 0.5) is 13.2 Å². The summed E-state index contributed by atoms with van der Waals surface area (Å²) in [7, 11) is 0. The summed E-state index contributed by atoms with van der Waals surface area (Å²) in [5.74, 6) is -1.09. The quantitative estimate of drug-likeness (QED) is 0.603. The van der Waals surface area contributed by atoms with Gasteiger partial charge in [0.2, 0.25) is 17.7 Å². The molecular formula is C23H21F3N4O4S. The molecule has 0 bridgehead atoms. The number of hydrogen-bond donors (Lipinski definition) is 2. The number of amides is 3. The highest BCUT2D eigenvalue weighted by atomic mass is 32.2. The van der Waals surface area contributed by atoms with Crippen LogP contribution in [-0.4, -0.2) is 32.8 Å². The fraction of sp³-hybridized carbons (Fsp3) is 0.348. The summed E-state index contributed by atoms with van der Waals surface area (Å²) < 4.78 is 38.9. The van der Waals surface area contributed by atoms with Crippen molar-refractivity contribution in [3.8, 4) is 0 Å². The van der Waals surface area contributed by atoms with Crippen LogP contribution in [0.2, 0.25) is 0 Å². The molecule has 0 spiro atoms. The number of hydrogen-bond acceptors (Lipinski definition) is 6. The van der Waals surface area contributed by atoms with Crippen LogP contribution in [0.1, 0.15) is 43.1 Å². The van der Waals surface area contributed by atoms with E-state index in [0.29, 0.717) is 22.5 Å². The molecule has 2 heterocycles. The van der Waals surface area contributed by atoms with Crippen molar-refractivity contribution in [2.75, 3.05) is 0 Å². The average Bonchev–Trinajstić information content (AvgIpc) is 2.78. The summed E-state index contributed by atoms with van der Waals surface area (Å²) in [6.45, 7) is 1.59. The van der Waals surface area contributed by atoms with Crippen molar-refractivity contribution < 1.29 is 27.6 Å². The molecule has 1 saturated heterocycles. The van der Waals surface area contributed by atoms with Crippen molar-refractivity contribution >= 4 is 40.4 Å². The highest BCUT2D eigenvalue weighted by molar-refractivity contribution is 8.03. The van der Waals surface area contributed by atoms with Crippen LogP contribution in [0.5, 0.6) is 0 Å². The number of benzene rings is 1. The van der Waals surface area contributed by atoms with E-state index in [-0.39, 0.29) is 54.3 Å². The molecule has 1 aliphatic heterocycles. The SMILES string of the molecule is Cc1nc2cccc(CNC(=O)C3=CC=C(SC(F)(F)F)CC3)c2c(=O)n1C1CCC(=O)NC1=O. The molecule has 1 fully saturated rings. The van der Waals surface area contributed by atoms with Gasteiger partial charge < -0.3 is 5.32 Å². The van der Waals surface area contributed by atoms with Gasteiger partial charge in [0, 0.05) is 18.5 Å². The van der Waals surface area contributed by atoms with Gasteiger partial charge in [0.15, 0.2) is 0 Å². The number of alkyl halides is 3. The first-order chi connectivity index (χ1) is 16.5. The minimum atomic E-state index is -4.37. The smallest absolute Gasteiger partial charge is 0.348 e. The van der Waals surface area contributed by atoms with E-state index in [4.69, 9.17) is 0 Å². The second kappa shape index (κ2) is 9.68. The van der Waals surface area contributed by atoms with Gasteiger partial charge in [0.25, 0.3) is 5.56 Å². The van der Waals surface area contributed by atoms with Crippen LogP contribution >= 0.6 is 11.8 Å². The zero-order chi connectivity index (χ0) is 25.3. The molecule has 1 atom stereocenters. The number of aromatic nitrogens is 2. The second-order valence-corrected chi connectivity index (χ2v) is 9.36. The predicted molar refractivity (Wildman–Crippen MR) is 123 cm³/mol. The maximum atomic E-state index is 13.4. The molecule has 4 rings (SSSR count). The zero-order valence-corrected chi connectivity index (χ0v) is 19.4. The van der Waals surface area contributed by atoms with Crippen molar-refractivity contribution in [3.05, 3.63) is 62.6 Å². The lowest BCUT2D eigenvalue weighted by molar-refractivity contribution is -0.135. The normalized spacial score (nSPS) is 18.7. The molecular weight excluding hydrogens is 485 g/mol. The number of aryl methyl sites for hydroxylation is 1. The highest BCUT2D eigenvalue weighted by Crippen LogP contribution is 2.40. The number of rotatable bonds is 5. The molecule has 2 aliphatic rings. The Balaban J connectivity index is 1.58. The lowest BCUT2D eigenvalue weighted by Crippen LogP contribution is -2.45. The molecule has 12 heteroatoms. The van der Waals surface area contributed by atoms with Crippen molar-refractivity contribution in [2.24, 2.45) is 0 Å². The van der Waals surface area contributed by atoms with Gasteiger partial charge in [0.1, 0.15) is 11.9 Å². The number of piperidine rings is 1. The number of carbonyl (C=O) groups excluding carboxylic acids is 3. The monoisotopic (exact) mass is 506 g/mol. The first kappa shape index (κ1) is 24.7. The zero-order valence-electron chi connectivity index (χ0n) is 18.6. The van der Waals surface area contributed by atoms with Gasteiger partial charge in [0.05, 0.1) is 10.9 Å². The first-order valence-corrected chi connectivity index (χ1v) is 11.6. The Morgan fingerprint density at radius 3 is 2.63 bits per heavy atom. The third-order valence-electron chi connectivity index (χ3n) is 5.80. The Labute approximate surface area is 201 Å². The van der Waals surface area contributed by atoms with E-state index < -0.39 is 34.8 Å². The number of thioether (sulfide) groups is 1. The molecule has 1 aliphatic carbocycles. The van der Waals surface area contributed by atoms with Crippen LogP contribution in [0.25, 0.3) is 10.9 Å². The largest absolute Gasteiger partial charge is 0.446 e. The minimum Gasteiger partial charge on any atom is -0.348 e. The third kappa shape index (κ3) is 5.47. The van der Waals surface area contributed by atoms with Gasteiger partial charge in [-0.1, -0.05) is 24.3 Å².